The number of nitrogens with zero attached hydrogens (tertiary/aromatic N) is 3. The minimum atomic E-state index is 1.07. The Hall–Kier alpha value is -8.14. The van der Waals surface area contributed by atoms with Crippen LogP contribution in [0.25, 0.3) is 88.0 Å². The van der Waals surface area contributed by atoms with Crippen LogP contribution in [0.3, 0.4) is 0 Å². The van der Waals surface area contributed by atoms with Crippen LogP contribution in [0.5, 0.6) is 0 Å². The summed E-state index contributed by atoms with van der Waals surface area (Å²) >= 11 is 0. The quantitative estimate of drug-likeness (QED) is 0.157. The molecule has 0 amide bonds. The molecule has 61 heavy (non-hydrogen) atoms. The van der Waals surface area contributed by atoms with Gasteiger partial charge in [0, 0.05) is 49.7 Å². The van der Waals surface area contributed by atoms with Crippen LogP contribution in [0.4, 0.5) is 17.1 Å². The van der Waals surface area contributed by atoms with E-state index in [0.29, 0.717) is 0 Å². The normalized spacial score (nSPS) is 11.6. The van der Waals surface area contributed by atoms with Crippen LogP contribution >= 0.6 is 0 Å². The van der Waals surface area contributed by atoms with Gasteiger partial charge in [0.15, 0.2) is 0 Å². The van der Waals surface area contributed by atoms with Crippen molar-refractivity contribution in [1.29, 1.82) is 0 Å². The largest absolute Gasteiger partial charge is 0.310 e. The molecule has 0 saturated heterocycles. The van der Waals surface area contributed by atoms with E-state index in [4.69, 9.17) is 0 Å². The molecule has 12 aromatic rings. The van der Waals surface area contributed by atoms with Crippen LogP contribution in [0.2, 0.25) is 0 Å². The van der Waals surface area contributed by atoms with Crippen LogP contribution in [-0.2, 0) is 0 Å². The Morgan fingerprint density at radius 3 is 1.57 bits per heavy atom. The Morgan fingerprint density at radius 2 is 0.852 bits per heavy atom. The Bertz CT molecular complexity index is 3540. The maximum absolute atomic E-state index is 2.47. The Balaban J connectivity index is 1.17. The standard InChI is InChI=1S/C58H39N3/c1-3-18-40(19-4-1)42-21-17-24-44(38-42)59(45-35-36-50-49-28-9-13-30-52(49)60(57(50)39-45)43-22-5-2-6-23-43)55-33-16-12-29-51(55)58-46-25-8-7-20-41(46)34-37-56(58)61-53-31-14-10-26-47(53)48-27-11-15-32-54(48)61/h1-39H. The SMILES string of the molecule is c1ccc(-c2cccc(N(c3ccc4c5ccccc5n(-c5ccccc5)c4c3)c3ccccc3-c3c(-n4c5ccccc5c5ccccc54)ccc4ccccc34)c2)cc1. The fourth-order valence-corrected chi connectivity index (χ4v) is 9.63. The van der Waals surface area contributed by atoms with Crippen molar-refractivity contribution in [2.45, 2.75) is 0 Å². The van der Waals surface area contributed by atoms with Gasteiger partial charge in [-0.2, -0.15) is 0 Å². The van der Waals surface area contributed by atoms with E-state index in [9.17, 15) is 0 Å². The lowest BCUT2D eigenvalue weighted by Crippen LogP contribution is -2.12. The second-order valence-electron chi connectivity index (χ2n) is 15.7. The maximum atomic E-state index is 2.47. The molecule has 0 radical (unpaired) electrons. The highest BCUT2D eigenvalue weighted by Crippen LogP contribution is 2.48. The van der Waals surface area contributed by atoms with Gasteiger partial charge in [-0.25, -0.2) is 0 Å². The summed E-state index contributed by atoms with van der Waals surface area (Å²) in [4.78, 5) is 2.46. The number of rotatable bonds is 7. The average Bonchev–Trinajstić information content (AvgIpc) is 3.85. The Labute approximate surface area is 354 Å². The number of para-hydroxylation sites is 5. The topological polar surface area (TPSA) is 13.1 Å². The van der Waals surface area contributed by atoms with Gasteiger partial charge in [-0.05, 0) is 88.6 Å². The molecule has 0 N–H and O–H groups in total. The van der Waals surface area contributed by atoms with Gasteiger partial charge in [-0.15, -0.1) is 0 Å². The summed E-state index contributed by atoms with van der Waals surface area (Å²) in [6, 6.07) is 86.1. The first-order chi connectivity index (χ1) is 30.3. The summed E-state index contributed by atoms with van der Waals surface area (Å²) in [5, 5.41) is 7.34. The summed E-state index contributed by atoms with van der Waals surface area (Å²) in [6.45, 7) is 0. The number of hydrogen-bond acceptors (Lipinski definition) is 1. The van der Waals surface area contributed by atoms with E-state index in [1.165, 1.54) is 60.0 Å². The highest BCUT2D eigenvalue weighted by Gasteiger charge is 2.24. The van der Waals surface area contributed by atoms with Gasteiger partial charge in [-0.3, -0.25) is 0 Å². The fraction of sp³-hybridized carbons (Fsp3) is 0. The fourth-order valence-electron chi connectivity index (χ4n) is 9.63. The second kappa shape index (κ2) is 14.3. The third-order valence-corrected chi connectivity index (χ3v) is 12.3. The predicted molar refractivity (Wildman–Crippen MR) is 258 cm³/mol. The van der Waals surface area contributed by atoms with Crippen LogP contribution in [0.1, 0.15) is 0 Å². The minimum absolute atomic E-state index is 1.07. The molecule has 0 saturated carbocycles. The first kappa shape index (κ1) is 34.9. The van der Waals surface area contributed by atoms with E-state index in [1.54, 1.807) is 0 Å². The van der Waals surface area contributed by atoms with E-state index in [2.05, 4.69) is 251 Å². The van der Waals surface area contributed by atoms with E-state index in [1.807, 2.05) is 0 Å². The second-order valence-corrected chi connectivity index (χ2v) is 15.7. The smallest absolute Gasteiger partial charge is 0.0561 e. The zero-order valence-corrected chi connectivity index (χ0v) is 33.4. The van der Waals surface area contributed by atoms with Gasteiger partial charge >= 0.3 is 0 Å². The molecule has 0 aliphatic heterocycles. The average molecular weight is 778 g/mol. The summed E-state index contributed by atoms with van der Waals surface area (Å²) < 4.78 is 4.87. The first-order valence-electron chi connectivity index (χ1n) is 20.9. The lowest BCUT2D eigenvalue weighted by molar-refractivity contribution is 1.17. The van der Waals surface area contributed by atoms with Gasteiger partial charge in [0.25, 0.3) is 0 Å². The van der Waals surface area contributed by atoms with Gasteiger partial charge in [-0.1, -0.05) is 170 Å². The molecule has 10 aromatic carbocycles. The zero-order chi connectivity index (χ0) is 40.3. The maximum Gasteiger partial charge on any atom is 0.0561 e. The van der Waals surface area contributed by atoms with E-state index in [0.717, 1.165) is 45.1 Å². The number of hydrogen-bond donors (Lipinski definition) is 0. The molecule has 3 nitrogen and oxygen atoms in total. The van der Waals surface area contributed by atoms with Crippen LogP contribution in [0.15, 0.2) is 237 Å². The van der Waals surface area contributed by atoms with Gasteiger partial charge in [0.1, 0.15) is 0 Å². The van der Waals surface area contributed by atoms with Crippen molar-refractivity contribution in [3.05, 3.63) is 237 Å². The van der Waals surface area contributed by atoms with Crippen LogP contribution in [0, 0.1) is 0 Å². The minimum Gasteiger partial charge on any atom is -0.310 e. The molecule has 0 unspecified atom stereocenters. The number of aromatic nitrogens is 2. The van der Waals surface area contributed by atoms with E-state index in [-0.39, 0.29) is 0 Å². The van der Waals surface area contributed by atoms with Crippen molar-refractivity contribution >= 4 is 71.4 Å². The first-order valence-corrected chi connectivity index (χ1v) is 20.9. The van der Waals surface area contributed by atoms with E-state index < -0.39 is 0 Å². The molecule has 3 heteroatoms. The summed E-state index contributed by atoms with van der Waals surface area (Å²) in [7, 11) is 0. The van der Waals surface area contributed by atoms with Gasteiger partial charge in [0.05, 0.1) is 33.4 Å². The molecule has 0 bridgehead atoms. The van der Waals surface area contributed by atoms with Crippen molar-refractivity contribution < 1.29 is 0 Å². The molecule has 2 aromatic heterocycles. The highest BCUT2D eigenvalue weighted by atomic mass is 15.1. The van der Waals surface area contributed by atoms with Gasteiger partial charge in [0.2, 0.25) is 0 Å². The van der Waals surface area contributed by atoms with Crippen molar-refractivity contribution in [3.8, 4) is 33.6 Å². The molecule has 0 aliphatic rings. The van der Waals surface area contributed by atoms with Crippen molar-refractivity contribution in [1.82, 2.24) is 9.13 Å². The molecule has 0 aliphatic carbocycles. The van der Waals surface area contributed by atoms with E-state index >= 15 is 0 Å². The predicted octanol–water partition coefficient (Wildman–Crippen LogP) is 15.8. The number of benzene rings is 10. The molecular weight excluding hydrogens is 739 g/mol. The zero-order valence-electron chi connectivity index (χ0n) is 33.4. The van der Waals surface area contributed by atoms with Crippen LogP contribution in [-0.4, -0.2) is 9.13 Å². The molecule has 286 valence electrons. The lowest BCUT2D eigenvalue weighted by atomic mass is 9.93. The van der Waals surface area contributed by atoms with Gasteiger partial charge < -0.3 is 14.0 Å². The molecule has 12 rings (SSSR count). The Morgan fingerprint density at radius 1 is 0.311 bits per heavy atom. The van der Waals surface area contributed by atoms with Crippen LogP contribution < -0.4 is 4.90 Å². The molecule has 0 spiro atoms. The van der Waals surface area contributed by atoms with Crippen molar-refractivity contribution in [3.63, 3.8) is 0 Å². The molecule has 2 heterocycles. The summed E-state index contributed by atoms with van der Waals surface area (Å²) in [6.07, 6.45) is 0. The molecule has 0 atom stereocenters. The monoisotopic (exact) mass is 777 g/mol. The third kappa shape index (κ3) is 5.66. The van der Waals surface area contributed by atoms with Crippen molar-refractivity contribution in [2.75, 3.05) is 4.90 Å². The van der Waals surface area contributed by atoms with Crippen molar-refractivity contribution in [2.24, 2.45) is 0 Å². The molecular formula is C58H39N3. The Kier molecular flexibility index (Phi) is 8.17. The summed E-state index contributed by atoms with van der Waals surface area (Å²) in [5.41, 5.74) is 14.9. The summed E-state index contributed by atoms with van der Waals surface area (Å²) in [5.74, 6) is 0. The third-order valence-electron chi connectivity index (χ3n) is 12.3. The lowest BCUT2D eigenvalue weighted by Gasteiger charge is -2.29. The highest BCUT2D eigenvalue weighted by molar-refractivity contribution is 6.13. The number of fused-ring (bicyclic) bond motifs is 7. The number of anilines is 3. The molecule has 0 fully saturated rings.